The SMILES string of the molecule is C1=CC(c2ccc3ccc4cc5ccccc5c(-c5ccccc5)c4c3c2)=NC=C(c2cc3ccccc3c3cc4ccccc4c(-c4ccccc4)c23)C1. The summed E-state index contributed by atoms with van der Waals surface area (Å²) in [6.07, 6.45) is 7.40. The van der Waals surface area contributed by atoms with Gasteiger partial charge in [-0.15, -0.1) is 0 Å². The number of hydrogen-bond donors (Lipinski definition) is 0. The molecule has 11 rings (SSSR count). The van der Waals surface area contributed by atoms with E-state index in [0.717, 1.165) is 17.7 Å². The van der Waals surface area contributed by atoms with E-state index in [1.807, 2.05) is 0 Å². The van der Waals surface area contributed by atoms with Crippen molar-refractivity contribution in [1.29, 1.82) is 0 Å². The van der Waals surface area contributed by atoms with Crippen LogP contribution in [-0.2, 0) is 0 Å². The zero-order valence-electron chi connectivity index (χ0n) is 30.2. The minimum absolute atomic E-state index is 0.780. The first-order valence-corrected chi connectivity index (χ1v) is 19.1. The molecule has 1 heteroatoms. The molecule has 0 saturated carbocycles. The van der Waals surface area contributed by atoms with Crippen molar-refractivity contribution >= 4 is 75.9 Å². The maximum Gasteiger partial charge on any atom is 0.0699 e. The number of nitrogens with zero attached hydrogens (tertiary/aromatic N) is 1. The molecule has 0 unspecified atom stereocenters. The van der Waals surface area contributed by atoms with Crippen molar-refractivity contribution in [3.8, 4) is 22.3 Å². The molecule has 0 atom stereocenters. The fraction of sp³-hybridized carbons (Fsp3) is 0.0185. The molecule has 256 valence electrons. The molecule has 10 aromatic carbocycles. The molecule has 1 nitrogen and oxygen atoms in total. The molecule has 0 spiro atoms. The zero-order valence-corrected chi connectivity index (χ0v) is 30.2. The molecule has 10 aromatic rings. The highest BCUT2D eigenvalue weighted by Crippen LogP contribution is 2.45. The van der Waals surface area contributed by atoms with Gasteiger partial charge >= 0.3 is 0 Å². The van der Waals surface area contributed by atoms with Crippen molar-refractivity contribution in [2.45, 2.75) is 6.42 Å². The van der Waals surface area contributed by atoms with Crippen LogP contribution in [0, 0.1) is 0 Å². The van der Waals surface area contributed by atoms with Crippen molar-refractivity contribution in [1.82, 2.24) is 0 Å². The summed E-state index contributed by atoms with van der Waals surface area (Å²) in [6.45, 7) is 0. The first-order chi connectivity index (χ1) is 27.3. The van der Waals surface area contributed by atoms with Crippen LogP contribution in [0.4, 0.5) is 0 Å². The normalized spacial score (nSPS) is 13.2. The summed E-state index contributed by atoms with van der Waals surface area (Å²) < 4.78 is 0. The quantitative estimate of drug-likeness (QED) is 0.128. The standard InChI is InChI=1S/C54H35N/c1-3-14-36(15-4-1)51-45-23-11-8-18-38(45)30-42-29-27-35-26-28-41(33-47(35)53(42)51)50-25-13-21-43(34-55-50)48-31-39-19-7-10-22-44(39)49-32-40-20-9-12-24-46(40)52(54(48)49)37-16-5-2-6-17-37/h1-20,22-34H,21H2. The largest absolute Gasteiger partial charge is 0.256 e. The van der Waals surface area contributed by atoms with Gasteiger partial charge in [0.05, 0.1) is 5.71 Å². The molecule has 0 bridgehead atoms. The van der Waals surface area contributed by atoms with Crippen LogP contribution >= 0.6 is 0 Å². The number of allylic oxidation sites excluding steroid dienone is 3. The molecule has 1 aliphatic rings. The lowest BCUT2D eigenvalue weighted by molar-refractivity contribution is 1.40. The highest BCUT2D eigenvalue weighted by atomic mass is 14.7. The minimum Gasteiger partial charge on any atom is -0.256 e. The topological polar surface area (TPSA) is 12.4 Å². The maximum atomic E-state index is 5.29. The molecule has 0 aliphatic carbocycles. The van der Waals surface area contributed by atoms with E-state index < -0.39 is 0 Å². The van der Waals surface area contributed by atoms with Crippen molar-refractivity contribution in [3.05, 3.63) is 211 Å². The summed E-state index contributed by atoms with van der Waals surface area (Å²) in [5.41, 5.74) is 9.52. The predicted octanol–water partition coefficient (Wildman–Crippen LogP) is 14.7. The van der Waals surface area contributed by atoms with Gasteiger partial charge in [-0.1, -0.05) is 164 Å². The monoisotopic (exact) mass is 697 g/mol. The van der Waals surface area contributed by atoms with Gasteiger partial charge in [0.1, 0.15) is 0 Å². The third-order valence-corrected chi connectivity index (χ3v) is 11.5. The average molecular weight is 698 g/mol. The van der Waals surface area contributed by atoms with E-state index in [1.54, 1.807) is 0 Å². The van der Waals surface area contributed by atoms with Crippen LogP contribution in [-0.4, -0.2) is 5.71 Å². The Labute approximate surface area is 319 Å². The summed E-state index contributed by atoms with van der Waals surface area (Å²) in [7, 11) is 0. The van der Waals surface area contributed by atoms with Gasteiger partial charge in [0.25, 0.3) is 0 Å². The minimum atomic E-state index is 0.780. The second kappa shape index (κ2) is 12.8. The van der Waals surface area contributed by atoms with Crippen LogP contribution < -0.4 is 0 Å². The zero-order chi connectivity index (χ0) is 36.3. The van der Waals surface area contributed by atoms with Gasteiger partial charge in [-0.25, -0.2) is 0 Å². The van der Waals surface area contributed by atoms with E-state index in [0.29, 0.717) is 0 Å². The van der Waals surface area contributed by atoms with Crippen LogP contribution in [0.3, 0.4) is 0 Å². The number of rotatable bonds is 4. The Kier molecular flexibility index (Phi) is 7.31. The third kappa shape index (κ3) is 5.20. The van der Waals surface area contributed by atoms with Crippen LogP contribution in [0.5, 0.6) is 0 Å². The van der Waals surface area contributed by atoms with Crippen molar-refractivity contribution < 1.29 is 0 Å². The molecule has 0 aromatic heterocycles. The summed E-state index contributed by atoms with van der Waals surface area (Å²) in [4.78, 5) is 5.29. The van der Waals surface area contributed by atoms with Crippen molar-refractivity contribution in [3.63, 3.8) is 0 Å². The maximum absolute atomic E-state index is 5.29. The Hall–Kier alpha value is -7.09. The van der Waals surface area contributed by atoms with Gasteiger partial charge in [0, 0.05) is 11.8 Å². The highest BCUT2D eigenvalue weighted by molar-refractivity contribution is 6.25. The van der Waals surface area contributed by atoms with Gasteiger partial charge in [-0.05, 0) is 135 Å². The molecule has 1 heterocycles. The predicted molar refractivity (Wildman–Crippen MR) is 237 cm³/mol. The first kappa shape index (κ1) is 31.4. The Morgan fingerprint density at radius 2 is 0.927 bits per heavy atom. The van der Waals surface area contributed by atoms with Gasteiger partial charge in [-0.3, -0.25) is 4.99 Å². The third-order valence-electron chi connectivity index (χ3n) is 11.5. The second-order valence-electron chi connectivity index (χ2n) is 14.6. The van der Waals surface area contributed by atoms with E-state index in [1.165, 1.54) is 98.0 Å². The Bertz CT molecular complexity index is 3260. The van der Waals surface area contributed by atoms with E-state index in [-0.39, 0.29) is 0 Å². The molecule has 55 heavy (non-hydrogen) atoms. The lowest BCUT2D eigenvalue weighted by Crippen LogP contribution is -1.96. The molecule has 0 saturated heterocycles. The van der Waals surface area contributed by atoms with Crippen molar-refractivity contribution in [2.75, 3.05) is 0 Å². The highest BCUT2D eigenvalue weighted by Gasteiger charge is 2.19. The Balaban J connectivity index is 1.13. The molecule has 0 amide bonds. The molecular weight excluding hydrogens is 663 g/mol. The van der Waals surface area contributed by atoms with Crippen molar-refractivity contribution in [2.24, 2.45) is 4.99 Å². The molecule has 0 radical (unpaired) electrons. The second-order valence-corrected chi connectivity index (χ2v) is 14.6. The van der Waals surface area contributed by atoms with Gasteiger partial charge in [0.2, 0.25) is 0 Å². The number of benzene rings is 10. The van der Waals surface area contributed by atoms with E-state index in [4.69, 9.17) is 4.99 Å². The number of hydrogen-bond acceptors (Lipinski definition) is 1. The average Bonchev–Trinajstić information content (AvgIpc) is 3.51. The van der Waals surface area contributed by atoms with Gasteiger partial charge < -0.3 is 0 Å². The number of aliphatic imine (C=N–C) groups is 1. The van der Waals surface area contributed by atoms with Gasteiger partial charge in [-0.2, -0.15) is 0 Å². The summed E-state index contributed by atoms with van der Waals surface area (Å²) in [5, 5.41) is 15.1. The number of fused-ring (bicyclic) bond motifs is 8. The van der Waals surface area contributed by atoms with Gasteiger partial charge in [0.15, 0.2) is 0 Å². The van der Waals surface area contributed by atoms with Crippen LogP contribution in [0.1, 0.15) is 17.5 Å². The molecular formula is C54H35N. The fourth-order valence-electron chi connectivity index (χ4n) is 8.94. The van der Waals surface area contributed by atoms with E-state index in [9.17, 15) is 0 Å². The lowest BCUT2D eigenvalue weighted by Gasteiger charge is -2.19. The summed E-state index contributed by atoms with van der Waals surface area (Å²) in [6, 6.07) is 66.6. The molecule has 0 fully saturated rings. The van der Waals surface area contributed by atoms with E-state index in [2.05, 4.69) is 200 Å². The Morgan fingerprint density at radius 1 is 0.364 bits per heavy atom. The lowest BCUT2D eigenvalue weighted by atomic mass is 9.85. The summed E-state index contributed by atoms with van der Waals surface area (Å²) >= 11 is 0. The smallest absolute Gasteiger partial charge is 0.0699 e. The first-order valence-electron chi connectivity index (χ1n) is 19.1. The Morgan fingerprint density at radius 3 is 1.64 bits per heavy atom. The fourth-order valence-corrected chi connectivity index (χ4v) is 8.94. The van der Waals surface area contributed by atoms with Crippen LogP contribution in [0.15, 0.2) is 205 Å². The molecule has 0 N–H and O–H groups in total. The molecule has 1 aliphatic heterocycles. The van der Waals surface area contributed by atoms with E-state index >= 15 is 0 Å². The van der Waals surface area contributed by atoms with Crippen LogP contribution in [0.2, 0.25) is 0 Å². The summed E-state index contributed by atoms with van der Waals surface area (Å²) in [5.74, 6) is 0. The van der Waals surface area contributed by atoms with Crippen LogP contribution in [0.25, 0.3) is 92.5 Å².